The molecule has 27 heavy (non-hydrogen) atoms. The first-order chi connectivity index (χ1) is 12.8. The molecule has 1 heterocycles. The van der Waals surface area contributed by atoms with Crippen molar-refractivity contribution < 1.29 is 9.53 Å². The van der Waals surface area contributed by atoms with Gasteiger partial charge in [0.2, 0.25) is 0 Å². The number of hydrogen-bond acceptors (Lipinski definition) is 2. The summed E-state index contributed by atoms with van der Waals surface area (Å²) in [5, 5.41) is 0. The van der Waals surface area contributed by atoms with Gasteiger partial charge in [-0.15, -0.1) is 0 Å². The van der Waals surface area contributed by atoms with Crippen LogP contribution < -0.4 is 0 Å². The van der Waals surface area contributed by atoms with Crippen molar-refractivity contribution in [2.24, 2.45) is 0 Å². The van der Waals surface area contributed by atoms with E-state index in [1.165, 1.54) is 22.3 Å². The Morgan fingerprint density at radius 2 is 1.41 bits per heavy atom. The molecule has 142 valence electrons. The largest absolute Gasteiger partial charge is 0.448 e. The van der Waals surface area contributed by atoms with E-state index in [0.717, 1.165) is 19.3 Å². The Bertz CT molecular complexity index is 807. The van der Waals surface area contributed by atoms with Crippen molar-refractivity contribution in [3.8, 4) is 11.1 Å². The number of fused-ring (bicyclic) bond motifs is 3. The summed E-state index contributed by atoms with van der Waals surface area (Å²) in [6.45, 7) is 8.98. The Labute approximate surface area is 162 Å². The van der Waals surface area contributed by atoms with Crippen LogP contribution in [0.15, 0.2) is 48.5 Å². The monoisotopic (exact) mass is 363 g/mol. The minimum atomic E-state index is -0.188. The highest BCUT2D eigenvalue weighted by Gasteiger charge is 2.45. The van der Waals surface area contributed by atoms with Crippen molar-refractivity contribution in [2.75, 3.05) is 6.61 Å². The van der Waals surface area contributed by atoms with Crippen LogP contribution in [-0.2, 0) is 4.74 Å². The molecule has 0 radical (unpaired) electrons. The van der Waals surface area contributed by atoms with Gasteiger partial charge in [-0.2, -0.15) is 0 Å². The molecule has 2 aromatic carbocycles. The molecule has 0 bridgehead atoms. The fourth-order valence-electron chi connectivity index (χ4n) is 5.15. The predicted molar refractivity (Wildman–Crippen MR) is 109 cm³/mol. The quantitative estimate of drug-likeness (QED) is 0.657. The number of rotatable bonds is 2. The van der Waals surface area contributed by atoms with Crippen LogP contribution in [0.25, 0.3) is 11.1 Å². The van der Waals surface area contributed by atoms with Crippen LogP contribution in [0.2, 0.25) is 0 Å². The highest BCUT2D eigenvalue weighted by molar-refractivity contribution is 5.79. The van der Waals surface area contributed by atoms with Gasteiger partial charge in [0.15, 0.2) is 0 Å². The number of likely N-dealkylation sites (tertiary alicyclic amines) is 1. The van der Waals surface area contributed by atoms with Gasteiger partial charge in [0.25, 0.3) is 0 Å². The highest BCUT2D eigenvalue weighted by atomic mass is 16.6. The van der Waals surface area contributed by atoms with Crippen molar-refractivity contribution in [1.82, 2.24) is 4.90 Å². The molecule has 1 aliphatic heterocycles. The third-order valence-electron chi connectivity index (χ3n) is 6.31. The highest BCUT2D eigenvalue weighted by Crippen LogP contribution is 2.45. The minimum Gasteiger partial charge on any atom is -0.448 e. The molecule has 1 fully saturated rings. The summed E-state index contributed by atoms with van der Waals surface area (Å²) >= 11 is 0. The van der Waals surface area contributed by atoms with E-state index in [4.69, 9.17) is 4.74 Å². The molecular weight excluding hydrogens is 334 g/mol. The van der Waals surface area contributed by atoms with Gasteiger partial charge in [0.05, 0.1) is 0 Å². The first kappa shape index (κ1) is 18.1. The van der Waals surface area contributed by atoms with Crippen LogP contribution in [0.3, 0.4) is 0 Å². The lowest BCUT2D eigenvalue weighted by atomic mass is 9.80. The molecule has 0 N–H and O–H groups in total. The Hall–Kier alpha value is -2.29. The predicted octanol–water partition coefficient (Wildman–Crippen LogP) is 5.98. The van der Waals surface area contributed by atoms with E-state index in [1.807, 2.05) is 4.90 Å². The smallest absolute Gasteiger partial charge is 0.410 e. The van der Waals surface area contributed by atoms with Gasteiger partial charge in [-0.25, -0.2) is 4.79 Å². The van der Waals surface area contributed by atoms with Crippen molar-refractivity contribution >= 4 is 6.09 Å². The molecule has 1 saturated heterocycles. The standard InChI is InChI=1S/C24H29NO2/c1-23(2)14-9-15-24(3,4)25(23)22(26)27-16-21-19-12-7-5-10-17(19)18-11-6-8-13-20(18)21/h5-8,10-13,21H,9,14-16H2,1-4H3. The topological polar surface area (TPSA) is 29.5 Å². The Morgan fingerprint density at radius 1 is 0.926 bits per heavy atom. The van der Waals surface area contributed by atoms with Gasteiger partial charge in [-0.3, -0.25) is 4.90 Å². The molecular formula is C24H29NO2. The maximum absolute atomic E-state index is 13.1. The zero-order valence-corrected chi connectivity index (χ0v) is 16.8. The zero-order chi connectivity index (χ0) is 19.2. The third kappa shape index (κ3) is 3.03. The molecule has 3 heteroatoms. The molecule has 2 aliphatic rings. The van der Waals surface area contributed by atoms with Crippen LogP contribution in [0.5, 0.6) is 0 Å². The Kier molecular flexibility index (Phi) is 4.29. The van der Waals surface area contributed by atoms with Crippen LogP contribution in [0.4, 0.5) is 4.79 Å². The summed E-state index contributed by atoms with van der Waals surface area (Å²) in [6.07, 6.45) is 2.99. The summed E-state index contributed by atoms with van der Waals surface area (Å²) < 4.78 is 5.94. The van der Waals surface area contributed by atoms with Gasteiger partial charge in [-0.1, -0.05) is 48.5 Å². The maximum atomic E-state index is 13.1. The molecule has 0 aromatic heterocycles. The van der Waals surface area contributed by atoms with Gasteiger partial charge >= 0.3 is 6.09 Å². The van der Waals surface area contributed by atoms with Gasteiger partial charge in [-0.05, 0) is 69.2 Å². The molecule has 4 rings (SSSR count). The molecule has 2 aromatic rings. The first-order valence-electron chi connectivity index (χ1n) is 9.97. The lowest BCUT2D eigenvalue weighted by Crippen LogP contribution is -2.61. The van der Waals surface area contributed by atoms with Crippen molar-refractivity contribution in [1.29, 1.82) is 0 Å². The van der Waals surface area contributed by atoms with E-state index in [2.05, 4.69) is 76.2 Å². The van der Waals surface area contributed by atoms with Crippen LogP contribution >= 0.6 is 0 Å². The Morgan fingerprint density at radius 3 is 1.93 bits per heavy atom. The average molecular weight is 364 g/mol. The summed E-state index contributed by atoms with van der Waals surface area (Å²) in [7, 11) is 0. The number of nitrogens with zero attached hydrogens (tertiary/aromatic N) is 1. The summed E-state index contributed by atoms with van der Waals surface area (Å²) in [6, 6.07) is 16.9. The van der Waals surface area contributed by atoms with Gasteiger partial charge in [0.1, 0.15) is 6.61 Å². The fraction of sp³-hybridized carbons (Fsp3) is 0.458. The number of hydrogen-bond donors (Lipinski definition) is 0. The molecule has 3 nitrogen and oxygen atoms in total. The second kappa shape index (κ2) is 6.40. The van der Waals surface area contributed by atoms with Crippen molar-refractivity contribution in [3.63, 3.8) is 0 Å². The Balaban J connectivity index is 1.58. The number of benzene rings is 2. The third-order valence-corrected chi connectivity index (χ3v) is 6.31. The second-order valence-electron chi connectivity index (χ2n) is 9.12. The average Bonchev–Trinajstić information content (AvgIpc) is 2.92. The first-order valence-corrected chi connectivity index (χ1v) is 9.97. The number of carbonyl (C=O) groups excluding carboxylic acids is 1. The summed E-state index contributed by atoms with van der Waals surface area (Å²) in [5.41, 5.74) is 4.67. The molecule has 0 saturated carbocycles. The molecule has 0 atom stereocenters. The molecule has 1 amide bonds. The van der Waals surface area contributed by atoms with Crippen LogP contribution in [-0.4, -0.2) is 28.7 Å². The number of amides is 1. The minimum absolute atomic E-state index is 0.109. The van der Waals surface area contributed by atoms with Crippen molar-refractivity contribution in [2.45, 2.75) is 64.0 Å². The zero-order valence-electron chi connectivity index (χ0n) is 16.8. The van der Waals surface area contributed by atoms with E-state index in [1.54, 1.807) is 0 Å². The maximum Gasteiger partial charge on any atom is 0.410 e. The SMILES string of the molecule is CC1(C)CCCC(C)(C)N1C(=O)OCC1c2ccccc2-c2ccccc21. The fourth-order valence-corrected chi connectivity index (χ4v) is 5.15. The molecule has 0 spiro atoms. The van der Waals surface area contributed by atoms with E-state index in [0.29, 0.717) is 6.61 Å². The van der Waals surface area contributed by atoms with Crippen LogP contribution in [0, 0.1) is 0 Å². The van der Waals surface area contributed by atoms with E-state index < -0.39 is 0 Å². The summed E-state index contributed by atoms with van der Waals surface area (Å²) in [5.74, 6) is 0.109. The number of carbonyl (C=O) groups is 1. The van der Waals surface area contributed by atoms with Crippen LogP contribution in [0.1, 0.15) is 64.0 Å². The second-order valence-corrected chi connectivity index (χ2v) is 9.12. The lowest BCUT2D eigenvalue weighted by Gasteiger charge is -2.51. The van der Waals surface area contributed by atoms with Crippen molar-refractivity contribution in [3.05, 3.63) is 59.7 Å². The van der Waals surface area contributed by atoms with E-state index in [-0.39, 0.29) is 23.1 Å². The summed E-state index contributed by atoms with van der Waals surface area (Å²) in [4.78, 5) is 15.1. The number of piperidine rings is 1. The lowest BCUT2D eigenvalue weighted by molar-refractivity contribution is -0.0241. The van der Waals surface area contributed by atoms with Gasteiger partial charge < -0.3 is 4.74 Å². The normalized spacial score (nSPS) is 20.1. The molecule has 0 unspecified atom stereocenters. The number of ether oxygens (including phenoxy) is 1. The van der Waals surface area contributed by atoms with E-state index >= 15 is 0 Å². The van der Waals surface area contributed by atoms with E-state index in [9.17, 15) is 4.79 Å². The van der Waals surface area contributed by atoms with Gasteiger partial charge in [0, 0.05) is 17.0 Å². The molecule has 1 aliphatic carbocycles.